The standard InChI is InChI=1S/C8H7FN2.C2H6.H2/c1-5-10-7-4-2-3-6(9)8(7)11-5;1-2;/h2-4H,1H3,(H,10,11);1-2H3;1H. The highest BCUT2D eigenvalue weighted by molar-refractivity contribution is 5.75. The van der Waals surface area contributed by atoms with E-state index in [4.69, 9.17) is 0 Å². The number of halogens is 1. The molecule has 0 spiro atoms. The van der Waals surface area contributed by atoms with E-state index in [2.05, 4.69) is 9.97 Å². The smallest absolute Gasteiger partial charge is 0.151 e. The molecule has 1 aromatic carbocycles. The molecule has 72 valence electrons. The molecule has 0 aliphatic rings. The number of imidazole rings is 1. The molecule has 13 heavy (non-hydrogen) atoms. The SMILES string of the molecule is CC.Cc1nc2c(F)cccc2[nH]1.[HH]. The second-order valence-electron chi connectivity index (χ2n) is 2.46. The summed E-state index contributed by atoms with van der Waals surface area (Å²) >= 11 is 0. The summed E-state index contributed by atoms with van der Waals surface area (Å²) in [5.74, 6) is 0.469. The molecule has 2 rings (SSSR count). The maximum Gasteiger partial charge on any atom is 0.151 e. The summed E-state index contributed by atoms with van der Waals surface area (Å²) in [7, 11) is 0. The van der Waals surface area contributed by atoms with Crippen LogP contribution in [0.25, 0.3) is 11.0 Å². The van der Waals surface area contributed by atoms with Crippen LogP contribution in [-0.2, 0) is 0 Å². The number of benzene rings is 1. The molecule has 0 unspecified atom stereocenters. The molecule has 0 amide bonds. The molecule has 1 heterocycles. The van der Waals surface area contributed by atoms with Gasteiger partial charge >= 0.3 is 0 Å². The monoisotopic (exact) mass is 182 g/mol. The number of aromatic nitrogens is 2. The number of aryl methyl sites for hydroxylation is 1. The van der Waals surface area contributed by atoms with E-state index in [1.807, 2.05) is 13.8 Å². The molecule has 0 saturated carbocycles. The van der Waals surface area contributed by atoms with Gasteiger partial charge in [-0.3, -0.25) is 0 Å². The molecule has 0 aliphatic heterocycles. The number of hydrogen-bond donors (Lipinski definition) is 1. The maximum absolute atomic E-state index is 12.9. The number of rotatable bonds is 0. The maximum atomic E-state index is 12.9. The van der Waals surface area contributed by atoms with E-state index in [9.17, 15) is 4.39 Å². The third kappa shape index (κ3) is 1.86. The average molecular weight is 182 g/mol. The van der Waals surface area contributed by atoms with Crippen LogP contribution in [0.15, 0.2) is 18.2 Å². The fourth-order valence-electron chi connectivity index (χ4n) is 1.12. The molecular weight excluding hydrogens is 167 g/mol. The van der Waals surface area contributed by atoms with Gasteiger partial charge in [0.25, 0.3) is 0 Å². The molecule has 0 radical (unpaired) electrons. The fraction of sp³-hybridized carbons (Fsp3) is 0.300. The largest absolute Gasteiger partial charge is 0.342 e. The number of fused-ring (bicyclic) bond motifs is 1. The number of nitrogens with one attached hydrogen (secondary N) is 1. The lowest BCUT2D eigenvalue weighted by molar-refractivity contribution is 0.637. The number of aromatic amines is 1. The first-order valence-electron chi connectivity index (χ1n) is 4.38. The highest BCUT2D eigenvalue weighted by Gasteiger charge is 2.02. The van der Waals surface area contributed by atoms with E-state index >= 15 is 0 Å². The molecule has 0 atom stereocenters. The number of H-pyrrole nitrogens is 1. The Balaban J connectivity index is 0.000000531. The molecule has 3 heteroatoms. The summed E-state index contributed by atoms with van der Waals surface area (Å²) in [4.78, 5) is 6.93. The van der Waals surface area contributed by atoms with E-state index in [0.717, 1.165) is 11.3 Å². The summed E-state index contributed by atoms with van der Waals surface area (Å²) < 4.78 is 12.9. The molecular formula is C10H15FN2. The number of nitrogens with zero attached hydrogens (tertiary/aromatic N) is 1. The molecule has 1 aromatic heterocycles. The van der Waals surface area contributed by atoms with E-state index in [-0.39, 0.29) is 7.24 Å². The summed E-state index contributed by atoms with van der Waals surface area (Å²) in [5.41, 5.74) is 1.17. The van der Waals surface area contributed by atoms with Gasteiger partial charge in [0.15, 0.2) is 5.82 Å². The average Bonchev–Trinajstić information content (AvgIpc) is 2.51. The first kappa shape index (κ1) is 9.71. The van der Waals surface area contributed by atoms with Gasteiger partial charge in [-0.25, -0.2) is 9.37 Å². The van der Waals surface area contributed by atoms with Gasteiger partial charge in [-0.15, -0.1) is 0 Å². The first-order valence-corrected chi connectivity index (χ1v) is 4.38. The van der Waals surface area contributed by atoms with Gasteiger partial charge in [-0.1, -0.05) is 19.9 Å². The Bertz CT molecular complexity index is 398. The third-order valence-corrected chi connectivity index (χ3v) is 1.58. The zero-order chi connectivity index (χ0) is 9.84. The van der Waals surface area contributed by atoms with E-state index in [0.29, 0.717) is 5.52 Å². The zero-order valence-corrected chi connectivity index (χ0v) is 8.06. The first-order chi connectivity index (χ1) is 6.27. The van der Waals surface area contributed by atoms with Crippen LogP contribution in [0.3, 0.4) is 0 Å². The molecule has 1 N–H and O–H groups in total. The van der Waals surface area contributed by atoms with Crippen LogP contribution in [0.4, 0.5) is 4.39 Å². The van der Waals surface area contributed by atoms with Crippen molar-refractivity contribution >= 4 is 11.0 Å². The van der Waals surface area contributed by atoms with Crippen molar-refractivity contribution in [1.82, 2.24) is 9.97 Å². The lowest BCUT2D eigenvalue weighted by Crippen LogP contribution is -1.75. The summed E-state index contributed by atoms with van der Waals surface area (Å²) in [6.45, 7) is 5.80. The predicted molar refractivity (Wildman–Crippen MR) is 54.3 cm³/mol. The van der Waals surface area contributed by atoms with E-state index < -0.39 is 0 Å². The van der Waals surface area contributed by atoms with Crippen molar-refractivity contribution in [3.63, 3.8) is 0 Å². The third-order valence-electron chi connectivity index (χ3n) is 1.58. The van der Waals surface area contributed by atoms with Crippen molar-refractivity contribution in [2.75, 3.05) is 0 Å². The van der Waals surface area contributed by atoms with Gasteiger partial charge in [-0.2, -0.15) is 0 Å². The van der Waals surface area contributed by atoms with Crippen molar-refractivity contribution in [3.8, 4) is 0 Å². The lowest BCUT2D eigenvalue weighted by Gasteiger charge is -1.86. The van der Waals surface area contributed by atoms with Crippen LogP contribution in [0.5, 0.6) is 0 Å². The van der Waals surface area contributed by atoms with Crippen molar-refractivity contribution < 1.29 is 5.82 Å². The molecule has 0 bridgehead atoms. The Labute approximate surface area is 78.3 Å². The second-order valence-corrected chi connectivity index (χ2v) is 2.46. The molecule has 0 saturated heterocycles. The van der Waals surface area contributed by atoms with Gasteiger partial charge < -0.3 is 4.98 Å². The van der Waals surface area contributed by atoms with Gasteiger partial charge in [-0.05, 0) is 19.1 Å². The van der Waals surface area contributed by atoms with Crippen LogP contribution in [-0.4, -0.2) is 9.97 Å². The molecule has 2 aromatic rings. The van der Waals surface area contributed by atoms with Crippen LogP contribution in [0.2, 0.25) is 0 Å². The Hall–Kier alpha value is -1.38. The quantitative estimate of drug-likeness (QED) is 0.665. The minimum Gasteiger partial charge on any atom is -0.342 e. The summed E-state index contributed by atoms with van der Waals surface area (Å²) in [6.07, 6.45) is 0. The number of hydrogen-bond acceptors (Lipinski definition) is 1. The predicted octanol–water partition coefficient (Wildman–Crippen LogP) is 3.28. The second kappa shape index (κ2) is 4.03. The minimum atomic E-state index is -0.271. The van der Waals surface area contributed by atoms with Crippen molar-refractivity contribution in [3.05, 3.63) is 29.8 Å². The minimum absolute atomic E-state index is 0. The van der Waals surface area contributed by atoms with Crippen LogP contribution < -0.4 is 0 Å². The topological polar surface area (TPSA) is 28.7 Å². The van der Waals surface area contributed by atoms with E-state index in [1.165, 1.54) is 6.07 Å². The van der Waals surface area contributed by atoms with Gasteiger partial charge in [0.2, 0.25) is 0 Å². The van der Waals surface area contributed by atoms with Gasteiger partial charge in [0.05, 0.1) is 5.52 Å². The fourth-order valence-corrected chi connectivity index (χ4v) is 1.12. The van der Waals surface area contributed by atoms with Gasteiger partial charge in [0, 0.05) is 1.43 Å². The van der Waals surface area contributed by atoms with Crippen LogP contribution >= 0.6 is 0 Å². The van der Waals surface area contributed by atoms with Crippen molar-refractivity contribution in [1.29, 1.82) is 0 Å². The molecule has 0 aliphatic carbocycles. The van der Waals surface area contributed by atoms with Crippen molar-refractivity contribution in [2.24, 2.45) is 0 Å². The summed E-state index contributed by atoms with van der Waals surface area (Å²) in [5, 5.41) is 0. The van der Waals surface area contributed by atoms with Crippen LogP contribution in [0, 0.1) is 12.7 Å². The Morgan fingerprint density at radius 3 is 2.69 bits per heavy atom. The van der Waals surface area contributed by atoms with Crippen molar-refractivity contribution in [2.45, 2.75) is 20.8 Å². The normalized spacial score (nSPS) is 9.54. The Morgan fingerprint density at radius 2 is 2.08 bits per heavy atom. The molecule has 0 fully saturated rings. The lowest BCUT2D eigenvalue weighted by atomic mass is 10.3. The molecule has 2 nitrogen and oxygen atoms in total. The highest BCUT2D eigenvalue weighted by atomic mass is 19.1. The zero-order valence-electron chi connectivity index (χ0n) is 8.06. The summed E-state index contributed by atoms with van der Waals surface area (Å²) in [6, 6.07) is 4.87. The van der Waals surface area contributed by atoms with Gasteiger partial charge in [0.1, 0.15) is 11.3 Å². The Morgan fingerprint density at radius 1 is 1.38 bits per heavy atom. The van der Waals surface area contributed by atoms with E-state index in [1.54, 1.807) is 19.1 Å². The highest BCUT2D eigenvalue weighted by Crippen LogP contribution is 2.13. The number of para-hydroxylation sites is 1. The Kier molecular flexibility index (Phi) is 3.01. The van der Waals surface area contributed by atoms with Crippen LogP contribution in [0.1, 0.15) is 21.1 Å².